The zero-order valence-corrected chi connectivity index (χ0v) is 13.2. The number of rotatable bonds is 3. The lowest BCUT2D eigenvalue weighted by Gasteiger charge is -2.19. The van der Waals surface area contributed by atoms with Crippen LogP contribution in [-0.2, 0) is 11.2 Å². The van der Waals surface area contributed by atoms with Crippen molar-refractivity contribution in [2.24, 2.45) is 5.92 Å². The summed E-state index contributed by atoms with van der Waals surface area (Å²) >= 11 is 0. The summed E-state index contributed by atoms with van der Waals surface area (Å²) in [6.07, 6.45) is 1.99. The lowest BCUT2D eigenvalue weighted by atomic mass is 10.00. The normalized spacial score (nSPS) is 18.9. The number of hydrogen-bond donors (Lipinski definition) is 4. The minimum absolute atomic E-state index is 0.0641. The van der Waals surface area contributed by atoms with Crippen molar-refractivity contribution >= 4 is 22.8 Å². The van der Waals surface area contributed by atoms with Crippen LogP contribution in [0, 0.1) is 5.92 Å². The summed E-state index contributed by atoms with van der Waals surface area (Å²) < 4.78 is 0. The van der Waals surface area contributed by atoms with E-state index in [2.05, 4.69) is 10.3 Å². The number of aromatic hydroxyl groups is 1. The van der Waals surface area contributed by atoms with Gasteiger partial charge in [-0.3, -0.25) is 9.59 Å². The molecule has 0 radical (unpaired) electrons. The van der Waals surface area contributed by atoms with Crippen molar-refractivity contribution in [2.45, 2.75) is 12.5 Å². The average molecular weight is 336 g/mol. The Labute approximate surface area is 143 Å². The Morgan fingerprint density at radius 2 is 2.00 bits per heavy atom. The number of hydrogen-bond acceptors (Lipinski definition) is 3. The molecular weight excluding hydrogens is 320 g/mol. The van der Waals surface area contributed by atoms with Gasteiger partial charge < -0.3 is 20.5 Å². The number of carbonyl (C=O) groups is 2. The molecule has 2 aromatic carbocycles. The lowest BCUT2D eigenvalue weighted by molar-refractivity contribution is -0.142. The van der Waals surface area contributed by atoms with Crippen LogP contribution in [0.25, 0.3) is 10.9 Å². The highest BCUT2D eigenvalue weighted by molar-refractivity contribution is 5.98. The molecule has 4 rings (SSSR count). The number of amides is 1. The summed E-state index contributed by atoms with van der Waals surface area (Å²) in [5.74, 6) is -2.07. The van der Waals surface area contributed by atoms with E-state index in [1.54, 1.807) is 30.5 Å². The number of carboxylic acids is 1. The highest BCUT2D eigenvalue weighted by atomic mass is 16.4. The molecule has 1 aliphatic rings. The van der Waals surface area contributed by atoms with E-state index in [0.29, 0.717) is 16.7 Å². The molecule has 25 heavy (non-hydrogen) atoms. The smallest absolute Gasteiger partial charge is 0.309 e. The molecule has 1 aromatic heterocycles. The van der Waals surface area contributed by atoms with E-state index in [9.17, 15) is 19.8 Å². The minimum Gasteiger partial charge on any atom is -0.508 e. The first-order valence-electron chi connectivity index (χ1n) is 7.96. The molecular formula is C19H16N2O4. The maximum atomic E-state index is 12.7. The molecule has 6 heteroatoms. The molecule has 0 spiro atoms. The van der Waals surface area contributed by atoms with Gasteiger partial charge in [0.1, 0.15) is 5.75 Å². The number of carbonyl (C=O) groups excluding carboxylic acids is 1. The van der Waals surface area contributed by atoms with Crippen LogP contribution in [-0.4, -0.2) is 27.1 Å². The summed E-state index contributed by atoms with van der Waals surface area (Å²) in [5, 5.41) is 23.2. The first-order chi connectivity index (χ1) is 12.0. The Morgan fingerprint density at radius 1 is 1.16 bits per heavy atom. The first-order valence-corrected chi connectivity index (χ1v) is 7.96. The molecule has 6 nitrogen and oxygen atoms in total. The number of H-pyrrole nitrogens is 1. The second-order valence-electron chi connectivity index (χ2n) is 6.22. The largest absolute Gasteiger partial charge is 0.508 e. The summed E-state index contributed by atoms with van der Waals surface area (Å²) in [7, 11) is 0. The van der Waals surface area contributed by atoms with E-state index in [0.717, 1.165) is 10.9 Å². The molecule has 0 saturated heterocycles. The van der Waals surface area contributed by atoms with Gasteiger partial charge in [0.2, 0.25) is 0 Å². The van der Waals surface area contributed by atoms with Crippen LogP contribution in [0.4, 0.5) is 0 Å². The van der Waals surface area contributed by atoms with E-state index in [1.807, 2.05) is 12.1 Å². The molecule has 0 fully saturated rings. The molecule has 3 aromatic rings. The molecule has 1 heterocycles. The van der Waals surface area contributed by atoms with Gasteiger partial charge in [0.05, 0.1) is 12.0 Å². The number of aliphatic carboxylic acids is 1. The fourth-order valence-corrected chi connectivity index (χ4v) is 3.49. The number of fused-ring (bicyclic) bond motifs is 2. The van der Waals surface area contributed by atoms with Crippen molar-refractivity contribution in [1.29, 1.82) is 0 Å². The van der Waals surface area contributed by atoms with E-state index >= 15 is 0 Å². The van der Waals surface area contributed by atoms with Crippen LogP contribution in [0.3, 0.4) is 0 Å². The van der Waals surface area contributed by atoms with Crippen LogP contribution >= 0.6 is 0 Å². The van der Waals surface area contributed by atoms with E-state index in [1.165, 1.54) is 6.07 Å². The zero-order valence-electron chi connectivity index (χ0n) is 13.2. The fraction of sp³-hybridized carbons (Fsp3) is 0.158. The van der Waals surface area contributed by atoms with E-state index in [-0.39, 0.29) is 18.1 Å². The molecule has 0 saturated carbocycles. The van der Waals surface area contributed by atoms with Gasteiger partial charge in [0.25, 0.3) is 5.91 Å². The van der Waals surface area contributed by atoms with Gasteiger partial charge in [0, 0.05) is 28.2 Å². The molecule has 0 aliphatic heterocycles. The van der Waals surface area contributed by atoms with Gasteiger partial charge in [-0.05, 0) is 42.3 Å². The van der Waals surface area contributed by atoms with E-state index < -0.39 is 17.9 Å². The summed E-state index contributed by atoms with van der Waals surface area (Å²) in [5.41, 5.74) is 2.63. The van der Waals surface area contributed by atoms with Gasteiger partial charge in [-0.2, -0.15) is 0 Å². The van der Waals surface area contributed by atoms with Gasteiger partial charge in [-0.25, -0.2) is 0 Å². The van der Waals surface area contributed by atoms with Gasteiger partial charge in [0.15, 0.2) is 0 Å². The Bertz CT molecular complexity index is 992. The monoisotopic (exact) mass is 336 g/mol. The highest BCUT2D eigenvalue weighted by Crippen LogP contribution is 2.40. The summed E-state index contributed by atoms with van der Waals surface area (Å²) in [6.45, 7) is 0. The quantitative estimate of drug-likeness (QED) is 0.590. The summed E-state index contributed by atoms with van der Waals surface area (Å²) in [4.78, 5) is 27.3. The SMILES string of the molecule is O=C(NC1c2cccc(O)c2CC1C(=O)O)c1ccc2[nH]ccc2c1. The van der Waals surface area contributed by atoms with Crippen molar-refractivity contribution in [1.82, 2.24) is 10.3 Å². The maximum absolute atomic E-state index is 12.7. The van der Waals surface area contributed by atoms with Crippen LogP contribution in [0.15, 0.2) is 48.7 Å². The maximum Gasteiger partial charge on any atom is 0.309 e. The van der Waals surface area contributed by atoms with Crippen molar-refractivity contribution in [3.05, 3.63) is 65.4 Å². The van der Waals surface area contributed by atoms with Crippen LogP contribution < -0.4 is 5.32 Å². The molecule has 2 atom stereocenters. The third-order valence-corrected chi connectivity index (χ3v) is 4.77. The lowest BCUT2D eigenvalue weighted by Crippen LogP contribution is -2.34. The van der Waals surface area contributed by atoms with Crippen molar-refractivity contribution < 1.29 is 19.8 Å². The van der Waals surface area contributed by atoms with Crippen molar-refractivity contribution in [3.63, 3.8) is 0 Å². The number of nitrogens with one attached hydrogen (secondary N) is 2. The Hall–Kier alpha value is -3.28. The third-order valence-electron chi connectivity index (χ3n) is 4.77. The van der Waals surface area contributed by atoms with Gasteiger partial charge in [-0.1, -0.05) is 12.1 Å². The first kappa shape index (κ1) is 15.3. The second kappa shape index (κ2) is 5.66. The number of aromatic amines is 1. The average Bonchev–Trinajstić information content (AvgIpc) is 3.19. The van der Waals surface area contributed by atoms with E-state index in [4.69, 9.17) is 0 Å². The molecule has 1 aliphatic carbocycles. The minimum atomic E-state index is -0.998. The van der Waals surface area contributed by atoms with Crippen LogP contribution in [0.2, 0.25) is 0 Å². The summed E-state index contributed by atoms with van der Waals surface area (Å²) in [6, 6.07) is 11.4. The standard InChI is InChI=1S/C19H16N2O4/c22-16-3-1-2-12-13(16)9-14(19(24)25)17(12)21-18(23)11-4-5-15-10(8-11)6-7-20-15/h1-8,14,17,20,22H,9H2,(H,21,23)(H,24,25). The van der Waals surface area contributed by atoms with Gasteiger partial charge >= 0.3 is 5.97 Å². The van der Waals surface area contributed by atoms with Crippen LogP contribution in [0.1, 0.15) is 27.5 Å². The topological polar surface area (TPSA) is 102 Å². The predicted molar refractivity (Wildman–Crippen MR) is 91.4 cm³/mol. The Kier molecular flexibility index (Phi) is 3.46. The Balaban J connectivity index is 1.67. The number of phenolic OH excluding ortho intramolecular Hbond substituents is 1. The van der Waals surface area contributed by atoms with Crippen molar-refractivity contribution in [3.8, 4) is 5.75 Å². The number of benzene rings is 2. The van der Waals surface area contributed by atoms with Gasteiger partial charge in [-0.15, -0.1) is 0 Å². The van der Waals surface area contributed by atoms with Crippen molar-refractivity contribution in [2.75, 3.05) is 0 Å². The number of phenols is 1. The molecule has 2 unspecified atom stereocenters. The molecule has 0 bridgehead atoms. The zero-order chi connectivity index (χ0) is 17.6. The number of carboxylic acid groups (broad SMARTS) is 1. The fourth-order valence-electron chi connectivity index (χ4n) is 3.49. The molecule has 4 N–H and O–H groups in total. The second-order valence-corrected chi connectivity index (χ2v) is 6.22. The predicted octanol–water partition coefficient (Wildman–Crippen LogP) is 2.60. The molecule has 126 valence electrons. The third kappa shape index (κ3) is 2.52. The highest BCUT2D eigenvalue weighted by Gasteiger charge is 2.39. The van der Waals surface area contributed by atoms with Crippen LogP contribution in [0.5, 0.6) is 5.75 Å². The Morgan fingerprint density at radius 3 is 2.80 bits per heavy atom. The number of aromatic nitrogens is 1. The molecule has 1 amide bonds.